The lowest BCUT2D eigenvalue weighted by molar-refractivity contribution is -0.461. The summed E-state index contributed by atoms with van der Waals surface area (Å²) in [6.45, 7) is 8.02. The molecule has 1 aliphatic carbocycles. The Morgan fingerprint density at radius 1 is 1.09 bits per heavy atom. The van der Waals surface area contributed by atoms with Crippen molar-refractivity contribution in [2.45, 2.75) is 104 Å². The molecule has 236 valence electrons. The minimum absolute atomic E-state index is 0.0200. The fourth-order valence-corrected chi connectivity index (χ4v) is 5.77. The standard InChI is InChI=1S/C33H50N6O4/c1-23(2)15-31(40)39(33(42)29(34)17-26-13-9-6-10-14-26)30(18-27-19-35-22-36-27)32(41)37-28(21-38(43)20-24(3)4)16-25-11-7-5-8-12-25/h6,9-10,13-14,19,21-25,28-30H,5,7-8,11-12,15-18,20,34H2,1-4H3,(H,35,36)(H,37,41)/t28-,29-,30-/m0/s1. The van der Waals surface area contributed by atoms with Crippen molar-refractivity contribution in [2.75, 3.05) is 6.54 Å². The summed E-state index contributed by atoms with van der Waals surface area (Å²) in [6, 6.07) is 6.61. The third-order valence-corrected chi connectivity index (χ3v) is 7.81. The number of hydrogen-bond acceptors (Lipinski definition) is 6. The molecule has 43 heavy (non-hydrogen) atoms. The zero-order valence-electron chi connectivity index (χ0n) is 26.2. The molecule has 0 spiro atoms. The van der Waals surface area contributed by atoms with Crippen LogP contribution in [0.25, 0.3) is 0 Å². The topological polar surface area (TPSA) is 147 Å². The van der Waals surface area contributed by atoms with Crippen molar-refractivity contribution in [3.63, 3.8) is 0 Å². The number of hydroxylamine groups is 1. The molecular weight excluding hydrogens is 544 g/mol. The second-order valence-electron chi connectivity index (χ2n) is 12.8. The minimum Gasteiger partial charge on any atom is -0.624 e. The van der Waals surface area contributed by atoms with Crippen LogP contribution in [0.1, 0.15) is 83.9 Å². The van der Waals surface area contributed by atoms with E-state index in [1.165, 1.54) is 12.7 Å². The summed E-state index contributed by atoms with van der Waals surface area (Å²) in [5.41, 5.74) is 7.81. The van der Waals surface area contributed by atoms with Crippen molar-refractivity contribution in [3.05, 3.63) is 59.3 Å². The van der Waals surface area contributed by atoms with Crippen molar-refractivity contribution in [1.29, 1.82) is 0 Å². The highest BCUT2D eigenvalue weighted by molar-refractivity contribution is 6.02. The van der Waals surface area contributed by atoms with Gasteiger partial charge in [0.25, 0.3) is 0 Å². The van der Waals surface area contributed by atoms with Crippen LogP contribution in [0.3, 0.4) is 0 Å². The van der Waals surface area contributed by atoms with Gasteiger partial charge in [0, 0.05) is 25.0 Å². The molecule has 1 aromatic heterocycles. The van der Waals surface area contributed by atoms with Crippen molar-refractivity contribution >= 4 is 23.9 Å². The van der Waals surface area contributed by atoms with Gasteiger partial charge in [-0.25, -0.2) is 9.72 Å². The predicted molar refractivity (Wildman–Crippen MR) is 168 cm³/mol. The summed E-state index contributed by atoms with van der Waals surface area (Å²) < 4.78 is 0.893. The second kappa shape index (κ2) is 16.9. The number of aromatic amines is 1. The van der Waals surface area contributed by atoms with Gasteiger partial charge in [-0.2, -0.15) is 0 Å². The van der Waals surface area contributed by atoms with Crippen LogP contribution in [0.2, 0.25) is 0 Å². The average molecular weight is 595 g/mol. The number of nitrogens with zero attached hydrogens (tertiary/aromatic N) is 3. The number of carbonyl (C=O) groups is 3. The lowest BCUT2D eigenvalue weighted by atomic mass is 9.85. The first kappa shape index (κ1) is 34.0. The molecule has 2 aromatic rings. The number of aromatic nitrogens is 2. The summed E-state index contributed by atoms with van der Waals surface area (Å²) >= 11 is 0. The fraction of sp³-hybridized carbons (Fsp3) is 0.606. The van der Waals surface area contributed by atoms with Crippen molar-refractivity contribution in [3.8, 4) is 0 Å². The van der Waals surface area contributed by atoms with Gasteiger partial charge in [0.1, 0.15) is 12.1 Å². The van der Waals surface area contributed by atoms with Crippen LogP contribution in [0, 0.1) is 23.0 Å². The lowest BCUT2D eigenvalue weighted by Gasteiger charge is -2.33. The quantitative estimate of drug-likeness (QED) is 0.123. The number of H-pyrrole nitrogens is 1. The van der Waals surface area contributed by atoms with E-state index in [1.54, 1.807) is 12.4 Å². The number of hydrogen-bond donors (Lipinski definition) is 3. The third kappa shape index (κ3) is 11.2. The van der Waals surface area contributed by atoms with Gasteiger partial charge < -0.3 is 21.2 Å². The number of benzene rings is 1. The first-order chi connectivity index (χ1) is 20.5. The van der Waals surface area contributed by atoms with Crippen LogP contribution in [0.15, 0.2) is 42.9 Å². The van der Waals surface area contributed by atoms with Gasteiger partial charge >= 0.3 is 0 Å². The van der Waals surface area contributed by atoms with Crippen molar-refractivity contribution in [1.82, 2.24) is 20.2 Å². The van der Waals surface area contributed by atoms with E-state index in [9.17, 15) is 19.6 Å². The fourth-order valence-electron chi connectivity index (χ4n) is 5.77. The molecule has 10 heteroatoms. The summed E-state index contributed by atoms with van der Waals surface area (Å²) in [7, 11) is 0. The second-order valence-corrected chi connectivity index (χ2v) is 12.8. The zero-order valence-corrected chi connectivity index (χ0v) is 26.2. The molecule has 0 saturated heterocycles. The van der Waals surface area contributed by atoms with Crippen LogP contribution in [-0.4, -0.2) is 68.2 Å². The summed E-state index contributed by atoms with van der Waals surface area (Å²) in [6.07, 6.45) is 11.2. The van der Waals surface area contributed by atoms with E-state index in [1.807, 2.05) is 58.0 Å². The Hall–Kier alpha value is -3.53. The summed E-state index contributed by atoms with van der Waals surface area (Å²) in [5, 5.41) is 15.9. The Morgan fingerprint density at radius 3 is 2.40 bits per heavy atom. The number of amides is 3. The lowest BCUT2D eigenvalue weighted by Crippen LogP contribution is -2.59. The van der Waals surface area contributed by atoms with Gasteiger partial charge in [0.15, 0.2) is 12.8 Å². The number of nitrogens with one attached hydrogen (secondary N) is 2. The molecule has 0 radical (unpaired) electrons. The Bertz CT molecular complexity index is 1180. The molecule has 0 bridgehead atoms. The van der Waals surface area contributed by atoms with Crippen LogP contribution < -0.4 is 11.1 Å². The van der Waals surface area contributed by atoms with Gasteiger partial charge in [-0.15, -0.1) is 0 Å². The number of imidazole rings is 1. The highest BCUT2D eigenvalue weighted by Crippen LogP contribution is 2.27. The molecule has 1 fully saturated rings. The maximum atomic E-state index is 14.2. The molecular formula is C33H50N6O4. The third-order valence-electron chi connectivity index (χ3n) is 7.81. The van der Waals surface area contributed by atoms with Crippen molar-refractivity contribution in [2.24, 2.45) is 23.5 Å². The van der Waals surface area contributed by atoms with E-state index in [0.29, 0.717) is 24.6 Å². The molecule has 3 amide bonds. The molecule has 10 nitrogen and oxygen atoms in total. The normalized spacial score (nSPS) is 16.6. The summed E-state index contributed by atoms with van der Waals surface area (Å²) in [5.74, 6) is -1.08. The molecule has 4 N–H and O–H groups in total. The highest BCUT2D eigenvalue weighted by atomic mass is 16.5. The number of imide groups is 1. The van der Waals surface area contributed by atoms with Crippen LogP contribution >= 0.6 is 0 Å². The van der Waals surface area contributed by atoms with Crippen molar-refractivity contribution < 1.29 is 19.1 Å². The average Bonchev–Trinajstić information content (AvgIpc) is 3.46. The molecule has 1 heterocycles. The van der Waals surface area contributed by atoms with Crippen LogP contribution in [0.4, 0.5) is 0 Å². The van der Waals surface area contributed by atoms with Gasteiger partial charge in [-0.3, -0.25) is 19.3 Å². The zero-order chi connectivity index (χ0) is 31.4. The molecule has 0 unspecified atom stereocenters. The Kier molecular flexibility index (Phi) is 13.4. The molecule has 1 aliphatic rings. The van der Waals surface area contributed by atoms with Gasteiger partial charge in [0.2, 0.25) is 17.7 Å². The maximum Gasteiger partial charge on any atom is 0.247 e. The SMILES string of the molecule is CC(C)CC(=O)N(C(=O)[C@@H](N)Cc1ccccc1)[C@@H](Cc1c[nH]cn1)C(=O)N[C@H](C=[N+]([O-])CC(C)C)CC1CCCCC1. The van der Waals surface area contributed by atoms with Gasteiger partial charge in [0.05, 0.1) is 18.1 Å². The van der Waals surface area contributed by atoms with E-state index in [2.05, 4.69) is 15.3 Å². The Labute approximate surface area is 256 Å². The minimum atomic E-state index is -1.18. The van der Waals surface area contributed by atoms with E-state index in [4.69, 9.17) is 5.73 Å². The Morgan fingerprint density at radius 2 is 1.79 bits per heavy atom. The van der Waals surface area contributed by atoms with E-state index < -0.39 is 35.8 Å². The van der Waals surface area contributed by atoms with Gasteiger partial charge in [-0.05, 0) is 30.2 Å². The Balaban J connectivity index is 1.95. The number of nitrogens with two attached hydrogens (primary N) is 1. The molecule has 1 aromatic carbocycles. The highest BCUT2D eigenvalue weighted by Gasteiger charge is 2.38. The monoisotopic (exact) mass is 594 g/mol. The van der Waals surface area contributed by atoms with E-state index in [0.717, 1.165) is 40.9 Å². The number of rotatable bonds is 15. The van der Waals surface area contributed by atoms with Gasteiger partial charge in [-0.1, -0.05) is 90.1 Å². The molecule has 1 saturated carbocycles. The number of carbonyl (C=O) groups excluding carboxylic acids is 3. The molecule has 3 rings (SSSR count). The van der Waals surface area contributed by atoms with E-state index in [-0.39, 0.29) is 31.1 Å². The van der Waals surface area contributed by atoms with Crippen LogP contribution in [-0.2, 0) is 27.2 Å². The van der Waals surface area contributed by atoms with E-state index >= 15 is 0 Å². The summed E-state index contributed by atoms with van der Waals surface area (Å²) in [4.78, 5) is 50.0. The maximum absolute atomic E-state index is 14.2. The smallest absolute Gasteiger partial charge is 0.247 e. The largest absolute Gasteiger partial charge is 0.624 e. The first-order valence-corrected chi connectivity index (χ1v) is 15.8. The first-order valence-electron chi connectivity index (χ1n) is 15.8. The molecule has 3 atom stereocenters. The van der Waals surface area contributed by atoms with Crippen LogP contribution in [0.5, 0.6) is 0 Å². The predicted octanol–water partition coefficient (Wildman–Crippen LogP) is 3.98. The molecule has 0 aliphatic heterocycles.